The van der Waals surface area contributed by atoms with E-state index in [4.69, 9.17) is 4.74 Å². The van der Waals surface area contributed by atoms with E-state index in [2.05, 4.69) is 131 Å². The van der Waals surface area contributed by atoms with Gasteiger partial charge in [-0.25, -0.2) is 9.78 Å². The van der Waals surface area contributed by atoms with E-state index in [9.17, 15) is 4.79 Å². The molecular formula is C40H31N3O2Si. The average Bonchev–Trinajstić information content (AvgIpc) is 3.12. The molecule has 0 saturated heterocycles. The zero-order valence-corrected chi connectivity index (χ0v) is 26.0. The van der Waals surface area contributed by atoms with Crippen molar-refractivity contribution in [2.75, 3.05) is 5.32 Å². The number of hydrogen-bond donors (Lipinski definition) is 2. The highest BCUT2D eigenvalue weighted by atomic mass is 28.3. The van der Waals surface area contributed by atoms with Gasteiger partial charge in [0, 0.05) is 17.6 Å². The first-order valence-electron chi connectivity index (χ1n) is 15.2. The molecule has 6 aromatic carbocycles. The third kappa shape index (κ3) is 5.77. The van der Waals surface area contributed by atoms with Gasteiger partial charge in [-0.1, -0.05) is 133 Å². The van der Waals surface area contributed by atoms with E-state index in [1.165, 1.54) is 20.7 Å². The lowest BCUT2D eigenvalue weighted by atomic mass is 10.1. The summed E-state index contributed by atoms with van der Waals surface area (Å²) >= 11 is 0. The third-order valence-corrected chi connectivity index (χ3v) is 13.0. The summed E-state index contributed by atoms with van der Waals surface area (Å²) in [6.45, 7) is 0. The summed E-state index contributed by atoms with van der Waals surface area (Å²) in [5, 5.41) is 8.54. The van der Waals surface area contributed by atoms with Crippen LogP contribution in [0.3, 0.4) is 0 Å². The Hall–Kier alpha value is -5.98. The molecule has 0 bridgehead atoms. The smallest absolute Gasteiger partial charge is 0.347 e. The van der Waals surface area contributed by atoms with Gasteiger partial charge >= 0.3 is 5.69 Å². The molecule has 0 aliphatic heterocycles. The molecule has 2 N–H and O–H groups in total. The maximum Gasteiger partial charge on any atom is 0.347 e. The molecule has 0 aliphatic carbocycles. The number of aromatic amines is 1. The molecule has 46 heavy (non-hydrogen) atoms. The fraction of sp³-hybridized carbons (Fsp3) is 0. The Morgan fingerprint density at radius 1 is 0.522 bits per heavy atom. The van der Waals surface area contributed by atoms with Crippen LogP contribution < -0.4 is 36.5 Å². The van der Waals surface area contributed by atoms with Crippen molar-refractivity contribution in [1.29, 1.82) is 0 Å². The molecule has 0 fully saturated rings. The van der Waals surface area contributed by atoms with Crippen LogP contribution >= 0.6 is 0 Å². The van der Waals surface area contributed by atoms with E-state index in [-0.39, 0.29) is 0 Å². The van der Waals surface area contributed by atoms with Crippen molar-refractivity contribution in [1.82, 2.24) is 9.97 Å². The van der Waals surface area contributed by atoms with Crippen molar-refractivity contribution in [3.63, 3.8) is 0 Å². The minimum Gasteiger partial charge on any atom is -0.440 e. The zero-order valence-electron chi connectivity index (χ0n) is 25.0. The van der Waals surface area contributed by atoms with Crippen molar-refractivity contribution in [3.8, 4) is 22.8 Å². The number of aromatic nitrogens is 2. The first kappa shape index (κ1) is 28.8. The fourth-order valence-electron chi connectivity index (χ4n) is 6.04. The van der Waals surface area contributed by atoms with Gasteiger partial charge < -0.3 is 10.1 Å². The summed E-state index contributed by atoms with van der Waals surface area (Å²) in [5.41, 5.74) is 3.05. The molecule has 0 aliphatic rings. The van der Waals surface area contributed by atoms with E-state index >= 15 is 0 Å². The predicted octanol–water partition coefficient (Wildman–Crippen LogP) is 6.35. The Kier molecular flexibility index (Phi) is 8.09. The first-order chi connectivity index (χ1) is 22.7. The van der Waals surface area contributed by atoms with Crippen molar-refractivity contribution >= 4 is 40.2 Å². The number of nitrogens with one attached hydrogen (secondary N) is 2. The van der Waals surface area contributed by atoms with Crippen LogP contribution in [-0.2, 0) is 0 Å². The summed E-state index contributed by atoms with van der Waals surface area (Å²) in [5.74, 6) is 0.941. The summed E-state index contributed by atoms with van der Waals surface area (Å²) in [6.07, 6.45) is 1.57. The Balaban J connectivity index is 1.26. The van der Waals surface area contributed by atoms with E-state index in [0.717, 1.165) is 16.9 Å². The van der Waals surface area contributed by atoms with Crippen LogP contribution in [0.1, 0.15) is 0 Å². The van der Waals surface area contributed by atoms with Crippen LogP contribution in [0.15, 0.2) is 181 Å². The highest BCUT2D eigenvalue weighted by Gasteiger charge is 2.41. The number of H-pyrrole nitrogens is 1. The number of hydrogen-bond acceptors (Lipinski definition) is 4. The van der Waals surface area contributed by atoms with Crippen molar-refractivity contribution < 1.29 is 4.74 Å². The molecule has 7 rings (SSSR count). The van der Waals surface area contributed by atoms with E-state index < -0.39 is 13.8 Å². The lowest BCUT2D eigenvalue weighted by Gasteiger charge is -2.34. The molecule has 0 saturated carbocycles. The summed E-state index contributed by atoms with van der Waals surface area (Å²) in [4.78, 5) is 19.2. The summed E-state index contributed by atoms with van der Waals surface area (Å²) in [6, 6.07) is 58.7. The second kappa shape index (κ2) is 12.9. The molecule has 0 radical (unpaired) electrons. The lowest BCUT2D eigenvalue weighted by molar-refractivity contribution is 0.461. The second-order valence-corrected chi connectivity index (χ2v) is 14.8. The number of ether oxygens (including phenoxy) is 1. The second-order valence-electron chi connectivity index (χ2n) is 11.0. The standard InChI is InChI=1S/C40H31N3O2Si/c44-40-41-29-38(39(43-40)45-33-25-23-32(24-26-33)42-31-13-5-1-6-14-31)30-21-27-37(28-22-30)46(34-15-7-2-8-16-34,35-17-9-3-10-18-35)36-19-11-4-12-20-36/h1-29,42H,(H,41,43,44). The maximum absolute atomic E-state index is 12.3. The number of para-hydroxylation sites is 1. The van der Waals surface area contributed by atoms with E-state index in [1.54, 1.807) is 6.20 Å². The Labute approximate surface area is 268 Å². The highest BCUT2D eigenvalue weighted by Crippen LogP contribution is 2.31. The number of nitrogens with zero attached hydrogens (tertiary/aromatic N) is 1. The van der Waals surface area contributed by atoms with Gasteiger partial charge in [0.1, 0.15) is 5.75 Å². The van der Waals surface area contributed by atoms with Crippen LogP contribution in [0, 0.1) is 0 Å². The quantitative estimate of drug-likeness (QED) is 0.147. The van der Waals surface area contributed by atoms with Crippen LogP contribution in [0.25, 0.3) is 11.1 Å². The molecule has 222 valence electrons. The molecule has 1 heterocycles. The van der Waals surface area contributed by atoms with E-state index in [1.807, 2.05) is 54.6 Å². The van der Waals surface area contributed by atoms with Gasteiger partial charge in [0.25, 0.3) is 0 Å². The maximum atomic E-state index is 12.3. The fourth-order valence-corrected chi connectivity index (χ4v) is 10.8. The normalized spacial score (nSPS) is 11.1. The molecular weight excluding hydrogens is 583 g/mol. The third-order valence-electron chi connectivity index (χ3n) is 8.16. The molecule has 0 spiro atoms. The Morgan fingerprint density at radius 2 is 0.978 bits per heavy atom. The minimum atomic E-state index is -2.65. The van der Waals surface area contributed by atoms with Gasteiger partial charge in [-0.15, -0.1) is 0 Å². The van der Waals surface area contributed by atoms with Crippen molar-refractivity contribution in [2.45, 2.75) is 0 Å². The van der Waals surface area contributed by atoms with Crippen molar-refractivity contribution in [3.05, 3.63) is 187 Å². The van der Waals surface area contributed by atoms with Gasteiger partial charge in [-0.2, -0.15) is 0 Å². The minimum absolute atomic E-state index is 0.342. The summed E-state index contributed by atoms with van der Waals surface area (Å²) in [7, 11) is -2.65. The average molecular weight is 614 g/mol. The largest absolute Gasteiger partial charge is 0.440 e. The molecule has 0 unspecified atom stereocenters. The van der Waals surface area contributed by atoms with Gasteiger partial charge in [0.2, 0.25) is 5.88 Å². The van der Waals surface area contributed by atoms with Crippen molar-refractivity contribution in [2.24, 2.45) is 0 Å². The van der Waals surface area contributed by atoms with E-state index in [0.29, 0.717) is 17.2 Å². The first-order valence-corrected chi connectivity index (χ1v) is 17.2. The van der Waals surface area contributed by atoms with Crippen LogP contribution in [0.4, 0.5) is 11.4 Å². The number of rotatable bonds is 9. The topological polar surface area (TPSA) is 67.0 Å². The highest BCUT2D eigenvalue weighted by molar-refractivity contribution is 7.19. The predicted molar refractivity (Wildman–Crippen MR) is 190 cm³/mol. The molecule has 6 heteroatoms. The van der Waals surface area contributed by atoms with Gasteiger partial charge in [0.15, 0.2) is 8.07 Å². The molecule has 0 amide bonds. The SMILES string of the molecule is O=c1ncc(-c2ccc([Si](c3ccccc3)(c3ccccc3)c3ccccc3)cc2)c(Oc2ccc(Nc3ccccc3)cc2)[nH]1. The lowest BCUT2D eigenvalue weighted by Crippen LogP contribution is -2.74. The van der Waals surface area contributed by atoms with Crippen LogP contribution in [0.2, 0.25) is 0 Å². The van der Waals surface area contributed by atoms with Crippen LogP contribution in [-0.4, -0.2) is 18.0 Å². The van der Waals surface area contributed by atoms with Gasteiger partial charge in [-0.3, -0.25) is 4.98 Å². The monoisotopic (exact) mass is 613 g/mol. The summed E-state index contributed by atoms with van der Waals surface area (Å²) < 4.78 is 6.24. The van der Waals surface area contributed by atoms with Gasteiger partial charge in [-0.05, 0) is 62.7 Å². The number of anilines is 2. The Bertz CT molecular complexity index is 1990. The van der Waals surface area contributed by atoms with Gasteiger partial charge in [0.05, 0.1) is 5.56 Å². The number of benzene rings is 6. The zero-order chi connectivity index (χ0) is 31.2. The Morgan fingerprint density at radius 3 is 1.50 bits per heavy atom. The molecule has 0 atom stereocenters. The van der Waals surface area contributed by atoms with Crippen LogP contribution in [0.5, 0.6) is 11.6 Å². The molecule has 1 aromatic heterocycles. The molecule has 7 aromatic rings. The molecule has 5 nitrogen and oxygen atoms in total.